The van der Waals surface area contributed by atoms with Crippen molar-refractivity contribution in [3.05, 3.63) is 239 Å². The molecule has 0 bridgehead atoms. The average molecular weight is 891 g/mol. The zero-order valence-corrected chi connectivity index (χ0v) is 41.9. The summed E-state index contributed by atoms with van der Waals surface area (Å²) >= 11 is 1.84. The van der Waals surface area contributed by atoms with E-state index in [1.54, 1.807) is 0 Å². The molecule has 2 heterocycles. The molecule has 0 aliphatic heterocycles. The van der Waals surface area contributed by atoms with E-state index in [-0.39, 0.29) is 0 Å². The maximum absolute atomic E-state index is 5.34. The van der Waals surface area contributed by atoms with Gasteiger partial charge in [-0.2, -0.15) is 0 Å². The monoisotopic (exact) mass is 891 g/mol. The number of fused-ring (bicyclic) bond motifs is 4. The van der Waals surface area contributed by atoms with E-state index in [1.807, 2.05) is 49.6 Å². The molecule has 2 heteroatoms. The molecule has 0 unspecified atom stereocenters. The van der Waals surface area contributed by atoms with Gasteiger partial charge in [0.05, 0.1) is 6.26 Å². The van der Waals surface area contributed by atoms with Crippen LogP contribution in [0.5, 0.6) is 0 Å². The first kappa shape index (κ1) is 52.4. The molecule has 0 radical (unpaired) electrons. The summed E-state index contributed by atoms with van der Waals surface area (Å²) in [4.78, 5) is 0. The van der Waals surface area contributed by atoms with E-state index in [0.717, 1.165) is 31.3 Å². The third kappa shape index (κ3) is 17.0. The summed E-state index contributed by atoms with van der Waals surface area (Å²) < 4.78 is 6.75. The number of para-hydroxylation sites is 1. The molecule has 0 saturated carbocycles. The first-order valence-corrected chi connectivity index (χ1v) is 25.3. The lowest BCUT2D eigenvalue weighted by Crippen LogP contribution is -1.81. The predicted octanol–water partition coefficient (Wildman–Crippen LogP) is 19.6. The number of rotatable bonds is 8. The Morgan fingerprint density at radius 2 is 0.864 bits per heavy atom. The van der Waals surface area contributed by atoms with Gasteiger partial charge in [0.1, 0.15) is 5.58 Å². The normalized spacial score (nSPS) is 10.0. The molecule has 0 saturated heterocycles. The fraction of sp³-hybridized carbons (Fsp3) is 0.250. The predicted molar refractivity (Wildman–Crippen MR) is 296 cm³/mol. The second-order valence-corrected chi connectivity index (χ2v) is 16.6. The van der Waals surface area contributed by atoms with Crippen LogP contribution in [-0.4, -0.2) is 0 Å². The van der Waals surface area contributed by atoms with E-state index >= 15 is 0 Å². The second kappa shape index (κ2) is 30.8. The van der Waals surface area contributed by atoms with Gasteiger partial charge in [-0.3, -0.25) is 0 Å². The fourth-order valence-corrected chi connectivity index (χ4v) is 8.59. The first-order valence-electron chi connectivity index (χ1n) is 24.4. The highest BCUT2D eigenvalue weighted by Gasteiger charge is 2.01. The van der Waals surface area contributed by atoms with Crippen molar-refractivity contribution >= 4 is 53.9 Å². The van der Waals surface area contributed by atoms with Gasteiger partial charge in [0.15, 0.2) is 0 Å². The van der Waals surface area contributed by atoms with Crippen molar-refractivity contribution < 1.29 is 4.42 Å². The van der Waals surface area contributed by atoms with Crippen molar-refractivity contribution in [1.82, 2.24) is 0 Å². The van der Waals surface area contributed by atoms with Gasteiger partial charge >= 0.3 is 0 Å². The van der Waals surface area contributed by atoms with Gasteiger partial charge in [-0.25, -0.2) is 0 Å². The van der Waals surface area contributed by atoms with Crippen LogP contribution in [0.1, 0.15) is 102 Å². The minimum absolute atomic E-state index is 0.990. The van der Waals surface area contributed by atoms with Crippen LogP contribution in [0.3, 0.4) is 0 Å². The molecule has 0 atom stereocenters. The maximum atomic E-state index is 5.34. The van der Waals surface area contributed by atoms with E-state index < -0.39 is 0 Å². The number of furan rings is 1. The minimum atomic E-state index is 0.990. The summed E-state index contributed by atoms with van der Waals surface area (Å²) in [5.74, 6) is 0. The summed E-state index contributed by atoms with van der Waals surface area (Å²) in [6.07, 6.45) is 11.1. The Labute approximate surface area is 402 Å². The highest BCUT2D eigenvalue weighted by Crippen LogP contribution is 2.26. The Morgan fingerprint density at radius 3 is 1.45 bits per heavy atom. The zero-order valence-electron chi connectivity index (χ0n) is 41.1. The summed E-state index contributed by atoms with van der Waals surface area (Å²) in [6, 6.07) is 68.0. The van der Waals surface area contributed by atoms with Gasteiger partial charge in [0.2, 0.25) is 0 Å². The van der Waals surface area contributed by atoms with Crippen molar-refractivity contribution in [3.63, 3.8) is 0 Å². The van der Waals surface area contributed by atoms with Gasteiger partial charge in [0, 0.05) is 10.1 Å². The molecule has 10 rings (SSSR count). The van der Waals surface area contributed by atoms with Gasteiger partial charge in [-0.1, -0.05) is 250 Å². The molecule has 8 aromatic carbocycles. The van der Waals surface area contributed by atoms with E-state index in [9.17, 15) is 0 Å². The summed E-state index contributed by atoms with van der Waals surface area (Å²) in [7, 11) is 0. The van der Waals surface area contributed by atoms with Gasteiger partial charge in [-0.05, 0) is 116 Å². The van der Waals surface area contributed by atoms with E-state index in [2.05, 4.69) is 223 Å². The minimum Gasteiger partial charge on any atom is -0.464 e. The van der Waals surface area contributed by atoms with Gasteiger partial charge in [0.25, 0.3) is 0 Å². The molecule has 0 N–H and O–H groups in total. The highest BCUT2D eigenvalue weighted by atomic mass is 32.1. The number of aryl methyl sites for hydroxylation is 6. The Hall–Kier alpha value is -6.22. The molecule has 342 valence electrons. The lowest BCUT2D eigenvalue weighted by Gasteiger charge is -2.02. The lowest BCUT2D eigenvalue weighted by molar-refractivity contribution is 0.611. The third-order valence-corrected chi connectivity index (χ3v) is 12.1. The molecule has 2 aromatic heterocycles. The largest absolute Gasteiger partial charge is 0.464 e. The Morgan fingerprint density at radius 1 is 0.364 bits per heavy atom. The molecule has 0 fully saturated rings. The van der Waals surface area contributed by atoms with Crippen molar-refractivity contribution in [2.24, 2.45) is 0 Å². The second-order valence-electron chi connectivity index (χ2n) is 15.7. The van der Waals surface area contributed by atoms with Crippen LogP contribution >= 0.6 is 11.3 Å². The van der Waals surface area contributed by atoms with Crippen LogP contribution in [-0.2, 0) is 38.5 Å². The molecule has 10 aromatic rings. The molecule has 1 nitrogen and oxygen atoms in total. The Balaban J connectivity index is 0.000000172. The van der Waals surface area contributed by atoms with Crippen LogP contribution in [0.25, 0.3) is 42.6 Å². The lowest BCUT2D eigenvalue weighted by atomic mass is 10.0. The molecule has 0 aliphatic rings. The van der Waals surface area contributed by atoms with E-state index in [4.69, 9.17) is 4.42 Å². The standard InChI is InChI=1S/2C12H12.C10H10O.C10H10S.2C9H12.C2H6/c1-2-10-7-5-8-11-6-3-4-9-12(10)11;1-2-10-7-8-11-5-3-4-6-12(11)9-10;2*1-2-8-7-11-10-6-4-3-5-9(8)10;2*1-2-6-9-7-4-3-5-8-9;1-2/h2*3-9H,2H2,1H3;2*3-7H,2H2,1H3;2*3-5,7-8H,2,6H2,1H3;1-2H3. The highest BCUT2D eigenvalue weighted by molar-refractivity contribution is 7.17. The van der Waals surface area contributed by atoms with Crippen molar-refractivity contribution in [1.29, 1.82) is 0 Å². The quantitative estimate of drug-likeness (QED) is 0.148. The van der Waals surface area contributed by atoms with Gasteiger partial charge < -0.3 is 4.42 Å². The van der Waals surface area contributed by atoms with Crippen LogP contribution < -0.4 is 0 Å². The zero-order chi connectivity index (χ0) is 47.2. The van der Waals surface area contributed by atoms with E-state index in [0.29, 0.717) is 0 Å². The number of hydrogen-bond acceptors (Lipinski definition) is 2. The van der Waals surface area contributed by atoms with Crippen LogP contribution in [0.4, 0.5) is 0 Å². The van der Waals surface area contributed by atoms with Crippen molar-refractivity contribution in [2.75, 3.05) is 0 Å². The Kier molecular flexibility index (Phi) is 24.5. The summed E-state index contributed by atoms with van der Waals surface area (Å²) in [5.41, 5.74) is 9.50. The topological polar surface area (TPSA) is 13.1 Å². The number of hydrogen-bond donors (Lipinski definition) is 0. The van der Waals surface area contributed by atoms with Crippen molar-refractivity contribution in [2.45, 2.75) is 107 Å². The smallest absolute Gasteiger partial charge is 0.134 e. The summed E-state index contributed by atoms with van der Waals surface area (Å²) in [5, 5.41) is 10.3. The molecule has 0 aliphatic carbocycles. The number of thiophene rings is 1. The van der Waals surface area contributed by atoms with Gasteiger partial charge in [-0.15, -0.1) is 11.3 Å². The Bertz CT molecular complexity index is 2670. The summed E-state index contributed by atoms with van der Waals surface area (Å²) in [6.45, 7) is 17.1. The van der Waals surface area contributed by atoms with Crippen molar-refractivity contribution in [3.8, 4) is 0 Å². The molecular formula is C64H74OS. The number of benzene rings is 8. The van der Waals surface area contributed by atoms with Crippen LogP contribution in [0.15, 0.2) is 210 Å². The van der Waals surface area contributed by atoms with Crippen LogP contribution in [0.2, 0.25) is 0 Å². The first-order chi connectivity index (χ1) is 32.5. The van der Waals surface area contributed by atoms with Crippen LogP contribution in [0, 0.1) is 0 Å². The molecule has 66 heavy (non-hydrogen) atoms. The maximum Gasteiger partial charge on any atom is 0.134 e. The average Bonchev–Trinajstić information content (AvgIpc) is 4.03. The fourth-order valence-electron chi connectivity index (χ4n) is 7.54. The molecule has 0 amide bonds. The molecule has 0 spiro atoms. The molecular weight excluding hydrogens is 817 g/mol. The SMILES string of the molecule is CC.CCCc1ccccc1.CCCc1ccccc1.CCc1ccc2ccccc2c1.CCc1cccc2ccccc12.CCc1coc2ccccc12.CCc1csc2ccccc12. The third-order valence-electron chi connectivity index (χ3n) is 11.1. The van der Waals surface area contributed by atoms with E-state index in [1.165, 1.54) is 96.1 Å².